The van der Waals surface area contributed by atoms with Gasteiger partial charge in [-0.05, 0) is 18.2 Å². The molecule has 7 heteroatoms. The third kappa shape index (κ3) is 2.76. The lowest BCUT2D eigenvalue weighted by Crippen LogP contribution is -2.34. The van der Waals surface area contributed by atoms with Gasteiger partial charge in [-0.15, -0.1) is 0 Å². The van der Waals surface area contributed by atoms with Crippen molar-refractivity contribution < 1.29 is 27.8 Å². The summed E-state index contributed by atoms with van der Waals surface area (Å²) in [7, 11) is 0. The maximum absolute atomic E-state index is 12.5. The van der Waals surface area contributed by atoms with Crippen molar-refractivity contribution in [2.45, 2.75) is 6.11 Å². The lowest BCUT2D eigenvalue weighted by molar-refractivity contribution is -0.210. The minimum atomic E-state index is -4.40. The number of alkyl halides is 2. The molecule has 0 spiro atoms. The Balaban J connectivity index is 2.95. The molecule has 0 atom stereocenters. The number of ether oxygens (including phenoxy) is 1. The van der Waals surface area contributed by atoms with Gasteiger partial charge in [0.05, 0.1) is 5.02 Å². The van der Waals surface area contributed by atoms with Crippen LogP contribution in [0.25, 0.3) is 0 Å². The summed E-state index contributed by atoms with van der Waals surface area (Å²) in [6, 6.07) is 2.36. The maximum atomic E-state index is 12.5. The molecule has 1 aromatic rings. The van der Waals surface area contributed by atoms with Crippen LogP contribution in [0.3, 0.4) is 0 Å². The Morgan fingerprint density at radius 1 is 1.47 bits per heavy atom. The number of rotatable bonds is 3. The fourth-order valence-electron chi connectivity index (χ4n) is 0.740. The third-order valence-electron chi connectivity index (χ3n) is 1.38. The molecular weight excluding hydrogens is 237 g/mol. The highest BCUT2D eigenvalue weighted by Crippen LogP contribution is 2.29. The molecular formula is C8H4ClF3O3. The molecule has 0 unspecified atom stereocenters. The summed E-state index contributed by atoms with van der Waals surface area (Å²) in [5, 5.41) is 7.62. The summed E-state index contributed by atoms with van der Waals surface area (Å²) in [5.74, 6) is -3.81. The summed E-state index contributed by atoms with van der Waals surface area (Å²) >= 11 is 5.35. The van der Waals surface area contributed by atoms with Crippen molar-refractivity contribution in [3.8, 4) is 5.75 Å². The summed E-state index contributed by atoms with van der Waals surface area (Å²) in [4.78, 5) is 10.0. The molecule has 0 fully saturated rings. The molecule has 0 aliphatic carbocycles. The molecule has 0 aliphatic heterocycles. The molecule has 0 saturated carbocycles. The van der Waals surface area contributed by atoms with Gasteiger partial charge in [-0.3, -0.25) is 0 Å². The van der Waals surface area contributed by atoms with Crippen molar-refractivity contribution in [2.75, 3.05) is 0 Å². The number of aliphatic carboxylic acids is 1. The first kappa shape index (κ1) is 11.6. The van der Waals surface area contributed by atoms with E-state index in [0.717, 1.165) is 18.2 Å². The Morgan fingerprint density at radius 3 is 2.53 bits per heavy atom. The second kappa shape index (κ2) is 3.98. The Bertz CT molecular complexity index is 395. The average Bonchev–Trinajstić information content (AvgIpc) is 2.09. The molecule has 0 saturated heterocycles. The maximum Gasteiger partial charge on any atom is 0.501 e. The largest absolute Gasteiger partial charge is 0.501 e. The predicted molar refractivity (Wildman–Crippen MR) is 44.6 cm³/mol. The van der Waals surface area contributed by atoms with E-state index in [-0.39, 0.29) is 0 Å². The molecule has 0 aromatic heterocycles. The van der Waals surface area contributed by atoms with Crippen molar-refractivity contribution in [2.24, 2.45) is 0 Å². The van der Waals surface area contributed by atoms with E-state index < -0.39 is 28.7 Å². The van der Waals surface area contributed by atoms with Gasteiger partial charge < -0.3 is 9.84 Å². The topological polar surface area (TPSA) is 46.5 Å². The van der Waals surface area contributed by atoms with Crippen molar-refractivity contribution in [3.63, 3.8) is 0 Å². The highest BCUT2D eigenvalue weighted by Gasteiger charge is 2.42. The monoisotopic (exact) mass is 240 g/mol. The zero-order chi connectivity index (χ0) is 11.6. The number of carboxylic acids is 1. The zero-order valence-corrected chi connectivity index (χ0v) is 7.76. The van der Waals surface area contributed by atoms with E-state index in [9.17, 15) is 18.0 Å². The molecule has 1 rings (SSSR count). The minimum absolute atomic E-state index is 0.434. The standard InChI is InChI=1S/C8H4ClF3O3/c9-5-3-4(10)1-2-6(5)15-8(11,12)7(13)14/h1-3H,(H,13,14). The smallest absolute Gasteiger partial charge is 0.474 e. The van der Waals surface area contributed by atoms with E-state index in [1.165, 1.54) is 0 Å². The van der Waals surface area contributed by atoms with Crippen molar-refractivity contribution >= 4 is 17.6 Å². The molecule has 1 N–H and O–H groups in total. The Morgan fingerprint density at radius 2 is 2.07 bits per heavy atom. The fraction of sp³-hybridized carbons (Fsp3) is 0.125. The second-order valence-corrected chi connectivity index (χ2v) is 2.91. The summed E-state index contributed by atoms with van der Waals surface area (Å²) in [5.41, 5.74) is 0. The molecule has 0 bridgehead atoms. The average molecular weight is 241 g/mol. The molecule has 0 aliphatic rings. The van der Waals surface area contributed by atoms with Crippen LogP contribution >= 0.6 is 11.6 Å². The number of hydrogen-bond acceptors (Lipinski definition) is 2. The first-order valence-electron chi connectivity index (χ1n) is 3.58. The molecule has 3 nitrogen and oxygen atoms in total. The third-order valence-corrected chi connectivity index (χ3v) is 1.68. The van der Waals surface area contributed by atoms with Crippen molar-refractivity contribution in [3.05, 3.63) is 29.0 Å². The lowest BCUT2D eigenvalue weighted by atomic mass is 10.3. The molecule has 0 heterocycles. The summed E-state index contributed by atoms with van der Waals surface area (Å²) < 4.78 is 41.4. The van der Waals surface area contributed by atoms with Crippen LogP contribution in [0.1, 0.15) is 0 Å². The zero-order valence-electron chi connectivity index (χ0n) is 7.01. The number of carboxylic acid groups (broad SMARTS) is 1. The van der Waals surface area contributed by atoms with E-state index in [1.807, 2.05) is 0 Å². The van der Waals surface area contributed by atoms with Crippen LogP contribution < -0.4 is 4.74 Å². The van der Waals surface area contributed by atoms with Crippen LogP contribution in [-0.4, -0.2) is 17.2 Å². The normalized spacial score (nSPS) is 11.2. The minimum Gasteiger partial charge on any atom is -0.474 e. The predicted octanol–water partition coefficient (Wildman–Crippen LogP) is 2.54. The number of hydrogen-bond donors (Lipinski definition) is 1. The van der Waals surface area contributed by atoms with Gasteiger partial charge in [-0.1, -0.05) is 11.6 Å². The van der Waals surface area contributed by atoms with Crippen molar-refractivity contribution in [1.82, 2.24) is 0 Å². The van der Waals surface area contributed by atoms with Gasteiger partial charge >= 0.3 is 12.1 Å². The molecule has 0 radical (unpaired) electrons. The van der Waals surface area contributed by atoms with E-state index >= 15 is 0 Å². The number of carbonyl (C=O) groups is 1. The van der Waals surface area contributed by atoms with Crippen LogP contribution in [0.15, 0.2) is 18.2 Å². The number of halogens is 4. The molecule has 1 aromatic carbocycles. The number of benzene rings is 1. The first-order chi connectivity index (χ1) is 6.83. The van der Waals surface area contributed by atoms with Gasteiger partial charge in [0.15, 0.2) is 0 Å². The van der Waals surface area contributed by atoms with E-state index in [4.69, 9.17) is 16.7 Å². The van der Waals surface area contributed by atoms with Crippen LogP contribution in [-0.2, 0) is 4.79 Å². The van der Waals surface area contributed by atoms with Gasteiger partial charge in [-0.25, -0.2) is 9.18 Å². The van der Waals surface area contributed by atoms with E-state index in [2.05, 4.69) is 4.74 Å². The highest BCUT2D eigenvalue weighted by molar-refractivity contribution is 6.32. The van der Waals surface area contributed by atoms with Crippen LogP contribution in [0.5, 0.6) is 5.75 Å². The Kier molecular flexibility index (Phi) is 3.09. The van der Waals surface area contributed by atoms with Crippen LogP contribution in [0.2, 0.25) is 5.02 Å². The highest BCUT2D eigenvalue weighted by atomic mass is 35.5. The van der Waals surface area contributed by atoms with Crippen molar-refractivity contribution in [1.29, 1.82) is 0 Å². The summed E-state index contributed by atoms with van der Waals surface area (Å²) in [6.07, 6.45) is -4.40. The van der Waals surface area contributed by atoms with Crippen LogP contribution in [0, 0.1) is 5.82 Å². The SMILES string of the molecule is O=C(O)C(F)(F)Oc1ccc(F)cc1Cl. The van der Waals surface area contributed by atoms with E-state index in [0.29, 0.717) is 0 Å². The molecule has 15 heavy (non-hydrogen) atoms. The molecule has 82 valence electrons. The summed E-state index contributed by atoms with van der Waals surface area (Å²) in [6.45, 7) is 0. The fourth-order valence-corrected chi connectivity index (χ4v) is 0.946. The Hall–Kier alpha value is -1.43. The van der Waals surface area contributed by atoms with Crippen LogP contribution in [0.4, 0.5) is 13.2 Å². The second-order valence-electron chi connectivity index (χ2n) is 2.50. The van der Waals surface area contributed by atoms with Gasteiger partial charge in [-0.2, -0.15) is 8.78 Å². The quantitative estimate of drug-likeness (QED) is 0.883. The van der Waals surface area contributed by atoms with E-state index in [1.54, 1.807) is 0 Å². The lowest BCUT2D eigenvalue weighted by Gasteiger charge is -2.13. The van der Waals surface area contributed by atoms with Gasteiger partial charge in [0.2, 0.25) is 0 Å². The van der Waals surface area contributed by atoms with Gasteiger partial charge in [0, 0.05) is 0 Å². The first-order valence-corrected chi connectivity index (χ1v) is 3.96. The molecule has 0 amide bonds. The van der Waals surface area contributed by atoms with Gasteiger partial charge in [0.25, 0.3) is 0 Å². The Labute approximate surface area is 87.0 Å². The van der Waals surface area contributed by atoms with Gasteiger partial charge in [0.1, 0.15) is 11.6 Å².